The van der Waals surface area contributed by atoms with Crippen LogP contribution in [0.15, 0.2) is 18.2 Å². The lowest BCUT2D eigenvalue weighted by molar-refractivity contribution is 0.0579. The number of benzene rings is 1. The summed E-state index contributed by atoms with van der Waals surface area (Å²) in [4.78, 5) is 14.0. The molecule has 4 heteroatoms. The SMILES string of the molecule is CC1(C)CCCN(C(=O)c2ccc(N)cc2F)C1. The first-order valence-corrected chi connectivity index (χ1v) is 6.23. The summed E-state index contributed by atoms with van der Waals surface area (Å²) in [6.07, 6.45) is 2.07. The molecule has 3 nitrogen and oxygen atoms in total. The summed E-state index contributed by atoms with van der Waals surface area (Å²) >= 11 is 0. The van der Waals surface area contributed by atoms with E-state index in [4.69, 9.17) is 5.73 Å². The molecule has 1 fully saturated rings. The number of amides is 1. The van der Waals surface area contributed by atoms with Gasteiger partial charge in [0.15, 0.2) is 0 Å². The van der Waals surface area contributed by atoms with E-state index in [9.17, 15) is 9.18 Å². The molecule has 18 heavy (non-hydrogen) atoms. The van der Waals surface area contributed by atoms with E-state index in [1.807, 2.05) is 0 Å². The van der Waals surface area contributed by atoms with Gasteiger partial charge in [-0.05, 0) is 36.5 Å². The topological polar surface area (TPSA) is 46.3 Å². The smallest absolute Gasteiger partial charge is 0.256 e. The largest absolute Gasteiger partial charge is 0.399 e. The number of piperidine rings is 1. The average molecular weight is 250 g/mol. The Bertz CT molecular complexity index is 471. The van der Waals surface area contributed by atoms with Crippen molar-refractivity contribution in [1.29, 1.82) is 0 Å². The van der Waals surface area contributed by atoms with E-state index in [2.05, 4.69) is 13.8 Å². The minimum atomic E-state index is -0.539. The number of anilines is 1. The molecule has 2 N–H and O–H groups in total. The quantitative estimate of drug-likeness (QED) is 0.779. The van der Waals surface area contributed by atoms with Gasteiger partial charge in [0.1, 0.15) is 5.82 Å². The van der Waals surface area contributed by atoms with Gasteiger partial charge >= 0.3 is 0 Å². The van der Waals surface area contributed by atoms with E-state index in [1.165, 1.54) is 12.1 Å². The van der Waals surface area contributed by atoms with Crippen LogP contribution in [0.2, 0.25) is 0 Å². The number of halogens is 1. The molecule has 2 rings (SSSR count). The van der Waals surface area contributed by atoms with E-state index in [0.29, 0.717) is 18.8 Å². The molecule has 1 amide bonds. The first-order chi connectivity index (χ1) is 8.39. The highest BCUT2D eigenvalue weighted by atomic mass is 19.1. The lowest BCUT2D eigenvalue weighted by Gasteiger charge is -2.38. The third kappa shape index (κ3) is 2.63. The molecule has 0 aromatic heterocycles. The van der Waals surface area contributed by atoms with Crippen LogP contribution in [0, 0.1) is 11.2 Å². The summed E-state index contributed by atoms with van der Waals surface area (Å²) in [5, 5.41) is 0. The Morgan fingerprint density at radius 3 is 2.78 bits per heavy atom. The molecule has 0 spiro atoms. The maximum Gasteiger partial charge on any atom is 0.256 e. The van der Waals surface area contributed by atoms with Gasteiger partial charge in [-0.25, -0.2) is 4.39 Å². The first-order valence-electron chi connectivity index (χ1n) is 6.23. The van der Waals surface area contributed by atoms with Crippen LogP contribution in [0.1, 0.15) is 37.0 Å². The molecule has 0 aliphatic carbocycles. The number of nitrogens with two attached hydrogens (primary N) is 1. The number of carbonyl (C=O) groups excluding carboxylic acids is 1. The third-order valence-corrected chi connectivity index (χ3v) is 3.41. The highest BCUT2D eigenvalue weighted by Gasteiger charge is 2.30. The van der Waals surface area contributed by atoms with Crippen molar-refractivity contribution in [1.82, 2.24) is 4.90 Å². The fraction of sp³-hybridized carbons (Fsp3) is 0.500. The van der Waals surface area contributed by atoms with Gasteiger partial charge in [0.05, 0.1) is 5.56 Å². The number of carbonyl (C=O) groups is 1. The van der Waals surface area contributed by atoms with Gasteiger partial charge < -0.3 is 10.6 Å². The lowest BCUT2D eigenvalue weighted by Crippen LogP contribution is -2.43. The Hall–Kier alpha value is -1.58. The van der Waals surface area contributed by atoms with Gasteiger partial charge in [-0.1, -0.05) is 13.8 Å². The Labute approximate surface area is 107 Å². The van der Waals surface area contributed by atoms with Gasteiger partial charge in [-0.2, -0.15) is 0 Å². The van der Waals surface area contributed by atoms with Crippen LogP contribution in [-0.2, 0) is 0 Å². The Kier molecular flexibility index (Phi) is 3.28. The minimum absolute atomic E-state index is 0.109. The van der Waals surface area contributed by atoms with Crippen LogP contribution < -0.4 is 5.73 Å². The molecule has 0 bridgehead atoms. The summed E-state index contributed by atoms with van der Waals surface area (Å²) in [5.41, 5.74) is 6.04. The molecule has 1 heterocycles. The maximum atomic E-state index is 13.7. The molecule has 0 radical (unpaired) electrons. The van der Waals surface area contributed by atoms with Crippen molar-refractivity contribution < 1.29 is 9.18 Å². The highest BCUT2D eigenvalue weighted by molar-refractivity contribution is 5.95. The molecule has 1 aromatic carbocycles. The van der Waals surface area contributed by atoms with Crippen molar-refractivity contribution in [2.24, 2.45) is 5.41 Å². The van der Waals surface area contributed by atoms with Crippen LogP contribution in [0.4, 0.5) is 10.1 Å². The zero-order chi connectivity index (χ0) is 13.3. The monoisotopic (exact) mass is 250 g/mol. The molecule has 0 unspecified atom stereocenters. The summed E-state index contributed by atoms with van der Waals surface area (Å²) < 4.78 is 13.7. The van der Waals surface area contributed by atoms with Crippen LogP contribution in [0.3, 0.4) is 0 Å². The zero-order valence-corrected chi connectivity index (χ0v) is 10.9. The summed E-state index contributed by atoms with van der Waals surface area (Å²) in [7, 11) is 0. The van der Waals surface area contributed by atoms with E-state index in [1.54, 1.807) is 11.0 Å². The van der Waals surface area contributed by atoms with Crippen molar-refractivity contribution in [2.75, 3.05) is 18.8 Å². The number of nitrogen functional groups attached to an aromatic ring is 1. The molecular weight excluding hydrogens is 231 g/mol. The first kappa shape index (κ1) is 12.9. The Balaban J connectivity index is 2.20. The summed E-state index contributed by atoms with van der Waals surface area (Å²) in [6, 6.07) is 4.22. The summed E-state index contributed by atoms with van der Waals surface area (Å²) in [6.45, 7) is 5.64. The molecule has 1 saturated heterocycles. The van der Waals surface area contributed by atoms with Crippen molar-refractivity contribution >= 4 is 11.6 Å². The molecule has 1 aromatic rings. The Morgan fingerprint density at radius 1 is 1.44 bits per heavy atom. The van der Waals surface area contributed by atoms with Gasteiger partial charge in [0.2, 0.25) is 0 Å². The van der Waals surface area contributed by atoms with Crippen molar-refractivity contribution in [3.63, 3.8) is 0 Å². The molecule has 0 atom stereocenters. The molecular formula is C14H19FN2O. The second kappa shape index (κ2) is 4.59. The van der Waals surface area contributed by atoms with E-state index in [-0.39, 0.29) is 16.9 Å². The van der Waals surface area contributed by atoms with Gasteiger partial charge in [0, 0.05) is 18.8 Å². The van der Waals surface area contributed by atoms with Crippen LogP contribution in [0.25, 0.3) is 0 Å². The Morgan fingerprint density at radius 2 is 2.17 bits per heavy atom. The normalized spacial score (nSPS) is 18.7. The molecule has 1 aliphatic rings. The fourth-order valence-corrected chi connectivity index (χ4v) is 2.47. The van der Waals surface area contributed by atoms with Gasteiger partial charge in [-0.3, -0.25) is 4.79 Å². The minimum Gasteiger partial charge on any atom is -0.399 e. The lowest BCUT2D eigenvalue weighted by atomic mass is 9.84. The standard InChI is InChI=1S/C14H19FN2O/c1-14(2)6-3-7-17(9-14)13(18)11-5-4-10(16)8-12(11)15/h4-5,8H,3,6-7,9,16H2,1-2H3. The average Bonchev–Trinajstić information content (AvgIpc) is 2.27. The van der Waals surface area contributed by atoms with Crippen molar-refractivity contribution in [3.8, 4) is 0 Å². The molecule has 98 valence electrons. The van der Waals surface area contributed by atoms with E-state index < -0.39 is 5.82 Å². The van der Waals surface area contributed by atoms with Gasteiger partial charge in [-0.15, -0.1) is 0 Å². The number of likely N-dealkylation sites (tertiary alicyclic amines) is 1. The van der Waals surface area contributed by atoms with Crippen LogP contribution in [-0.4, -0.2) is 23.9 Å². The predicted octanol–water partition coefficient (Wildman–Crippen LogP) is 2.67. The predicted molar refractivity (Wildman–Crippen MR) is 69.7 cm³/mol. The number of rotatable bonds is 1. The number of nitrogens with zero attached hydrogens (tertiary/aromatic N) is 1. The van der Waals surface area contributed by atoms with Crippen LogP contribution >= 0.6 is 0 Å². The van der Waals surface area contributed by atoms with Gasteiger partial charge in [0.25, 0.3) is 5.91 Å². The fourth-order valence-electron chi connectivity index (χ4n) is 2.47. The van der Waals surface area contributed by atoms with Crippen molar-refractivity contribution in [3.05, 3.63) is 29.6 Å². The number of hydrogen-bond donors (Lipinski definition) is 1. The van der Waals surface area contributed by atoms with E-state index >= 15 is 0 Å². The van der Waals surface area contributed by atoms with E-state index in [0.717, 1.165) is 12.8 Å². The second-order valence-corrected chi connectivity index (χ2v) is 5.73. The van der Waals surface area contributed by atoms with Crippen LogP contribution in [0.5, 0.6) is 0 Å². The molecule has 0 saturated carbocycles. The second-order valence-electron chi connectivity index (χ2n) is 5.73. The zero-order valence-electron chi connectivity index (χ0n) is 10.9. The molecule has 1 aliphatic heterocycles. The number of hydrogen-bond acceptors (Lipinski definition) is 2. The van der Waals surface area contributed by atoms with Crippen molar-refractivity contribution in [2.45, 2.75) is 26.7 Å². The third-order valence-electron chi connectivity index (χ3n) is 3.41. The highest BCUT2D eigenvalue weighted by Crippen LogP contribution is 2.29. The summed E-state index contributed by atoms with van der Waals surface area (Å²) in [5.74, 6) is -0.774. The maximum absolute atomic E-state index is 13.7.